The average molecular weight is 332 g/mol. The highest BCUT2D eigenvalue weighted by atomic mass is 16.5. The molecular weight excluding hydrogens is 308 g/mol. The molecule has 0 bridgehead atoms. The van der Waals surface area contributed by atoms with Crippen LogP contribution in [-0.4, -0.2) is 45.2 Å². The molecule has 1 aromatic carbocycles. The van der Waals surface area contributed by atoms with Crippen LogP contribution in [0.3, 0.4) is 0 Å². The van der Waals surface area contributed by atoms with Crippen LogP contribution in [0.5, 0.6) is 11.5 Å². The summed E-state index contributed by atoms with van der Waals surface area (Å²) in [4.78, 5) is 15.8. The van der Waals surface area contributed by atoms with Gasteiger partial charge in [0.15, 0.2) is 17.5 Å². The molecule has 0 unspecified atom stereocenters. The number of ether oxygens (including phenoxy) is 2. The summed E-state index contributed by atoms with van der Waals surface area (Å²) in [5.74, 6) is 2.55. The molecule has 1 saturated carbocycles. The molecule has 2 aliphatic rings. The molecule has 0 radical (unpaired) electrons. The van der Waals surface area contributed by atoms with E-state index < -0.39 is 0 Å². The first-order chi connectivity index (χ1) is 11.8. The molecule has 7 nitrogen and oxygen atoms in total. The van der Waals surface area contributed by atoms with Crippen LogP contribution in [0.4, 0.5) is 5.69 Å². The second-order valence-electron chi connectivity index (χ2n) is 5.90. The lowest BCUT2D eigenvalue weighted by Crippen LogP contribution is -2.38. The number of amides is 1. The average Bonchev–Trinajstić information content (AvgIpc) is 3.43. The van der Waals surface area contributed by atoms with Gasteiger partial charge in [-0.05, 0) is 25.0 Å². The number of guanidine groups is 1. The molecule has 0 aromatic heterocycles. The number of anilines is 1. The smallest absolute Gasteiger partial charge is 0.223 e. The third-order valence-corrected chi connectivity index (χ3v) is 3.90. The van der Waals surface area contributed by atoms with Gasteiger partial charge in [0, 0.05) is 44.2 Å². The van der Waals surface area contributed by atoms with E-state index in [1.165, 1.54) is 0 Å². The minimum absolute atomic E-state index is 0.155. The van der Waals surface area contributed by atoms with Gasteiger partial charge in [0.2, 0.25) is 5.91 Å². The van der Waals surface area contributed by atoms with Crippen LogP contribution >= 0.6 is 0 Å². The quantitative estimate of drug-likeness (QED) is 0.431. The van der Waals surface area contributed by atoms with E-state index in [0.717, 1.165) is 36.4 Å². The molecule has 1 aromatic rings. The summed E-state index contributed by atoms with van der Waals surface area (Å²) in [6.07, 6.45) is 2.92. The molecule has 0 spiro atoms. The number of carbonyl (C=O) groups excluding carboxylic acids is 1. The summed E-state index contributed by atoms with van der Waals surface area (Å²) in [6.45, 7) is 2.53. The maximum atomic E-state index is 11.6. The van der Waals surface area contributed by atoms with E-state index in [9.17, 15) is 4.79 Å². The van der Waals surface area contributed by atoms with Gasteiger partial charge in [-0.1, -0.05) is 0 Å². The fourth-order valence-corrected chi connectivity index (χ4v) is 2.41. The Bertz CT molecular complexity index is 614. The van der Waals surface area contributed by atoms with Crippen molar-refractivity contribution >= 4 is 17.6 Å². The Kier molecular flexibility index (Phi) is 5.40. The van der Waals surface area contributed by atoms with Gasteiger partial charge in [-0.3, -0.25) is 9.79 Å². The molecule has 1 heterocycles. The summed E-state index contributed by atoms with van der Waals surface area (Å²) < 4.78 is 11.3. The third kappa shape index (κ3) is 4.53. The van der Waals surface area contributed by atoms with E-state index in [-0.39, 0.29) is 11.8 Å². The zero-order valence-corrected chi connectivity index (χ0v) is 13.9. The Morgan fingerprint density at radius 3 is 2.67 bits per heavy atom. The number of hydrogen-bond donors (Lipinski definition) is 3. The van der Waals surface area contributed by atoms with Gasteiger partial charge in [0.25, 0.3) is 0 Å². The third-order valence-electron chi connectivity index (χ3n) is 3.90. The predicted molar refractivity (Wildman–Crippen MR) is 92.8 cm³/mol. The van der Waals surface area contributed by atoms with Gasteiger partial charge in [0.1, 0.15) is 0 Å². The Morgan fingerprint density at radius 2 is 1.92 bits per heavy atom. The molecule has 1 amide bonds. The minimum atomic E-state index is 0.155. The lowest BCUT2D eigenvalue weighted by Gasteiger charge is -2.14. The van der Waals surface area contributed by atoms with Crippen molar-refractivity contribution in [2.75, 3.05) is 38.7 Å². The van der Waals surface area contributed by atoms with Crippen LogP contribution in [0.2, 0.25) is 0 Å². The van der Waals surface area contributed by atoms with Gasteiger partial charge in [-0.15, -0.1) is 0 Å². The maximum absolute atomic E-state index is 11.6. The van der Waals surface area contributed by atoms with Gasteiger partial charge in [0.05, 0.1) is 13.2 Å². The largest absolute Gasteiger partial charge is 0.490 e. The van der Waals surface area contributed by atoms with Gasteiger partial charge < -0.3 is 25.4 Å². The van der Waals surface area contributed by atoms with E-state index in [0.29, 0.717) is 32.3 Å². The number of fused-ring (bicyclic) bond motifs is 1. The van der Waals surface area contributed by atoms with E-state index >= 15 is 0 Å². The molecule has 24 heavy (non-hydrogen) atoms. The topological polar surface area (TPSA) is 84.0 Å². The van der Waals surface area contributed by atoms with Crippen molar-refractivity contribution in [3.63, 3.8) is 0 Å². The number of hydrogen-bond acceptors (Lipinski definition) is 4. The fraction of sp³-hybridized carbons (Fsp3) is 0.529. The molecule has 0 atom stereocenters. The summed E-state index contributed by atoms with van der Waals surface area (Å²) in [5.41, 5.74) is 0.870. The molecule has 1 aliphatic heterocycles. The molecule has 130 valence electrons. The van der Waals surface area contributed by atoms with Crippen molar-refractivity contribution in [2.24, 2.45) is 10.9 Å². The highest BCUT2D eigenvalue weighted by Crippen LogP contribution is 2.32. The van der Waals surface area contributed by atoms with Crippen molar-refractivity contribution in [1.29, 1.82) is 0 Å². The number of rotatable bonds is 5. The molecule has 1 aliphatic carbocycles. The predicted octanol–water partition coefficient (Wildman–Crippen LogP) is 1.36. The summed E-state index contributed by atoms with van der Waals surface area (Å²) >= 11 is 0. The zero-order chi connectivity index (χ0) is 16.8. The van der Waals surface area contributed by atoms with Crippen molar-refractivity contribution in [2.45, 2.75) is 19.3 Å². The van der Waals surface area contributed by atoms with E-state index in [1.807, 2.05) is 18.2 Å². The van der Waals surface area contributed by atoms with Crippen molar-refractivity contribution < 1.29 is 14.3 Å². The highest BCUT2D eigenvalue weighted by Gasteiger charge is 2.28. The molecule has 7 heteroatoms. The van der Waals surface area contributed by atoms with E-state index in [4.69, 9.17) is 9.47 Å². The maximum Gasteiger partial charge on any atom is 0.223 e. The summed E-state index contributed by atoms with van der Waals surface area (Å²) in [7, 11) is 1.71. The number of benzene rings is 1. The SMILES string of the molecule is CN=C(NCCNC(=O)C1CC1)Nc1ccc2c(c1)OCCCO2. The normalized spacial score (nSPS) is 17.0. The Hall–Kier alpha value is -2.44. The van der Waals surface area contributed by atoms with E-state index in [2.05, 4.69) is 20.9 Å². The Morgan fingerprint density at radius 1 is 1.17 bits per heavy atom. The summed E-state index contributed by atoms with van der Waals surface area (Å²) in [6, 6.07) is 5.73. The van der Waals surface area contributed by atoms with Crippen LogP contribution < -0.4 is 25.4 Å². The second kappa shape index (κ2) is 7.90. The molecule has 0 saturated heterocycles. The standard InChI is InChI=1S/C17H24N4O3/c1-18-17(20-8-7-19-16(22)12-3-4-12)21-13-5-6-14-15(11-13)24-10-2-9-23-14/h5-6,11-12H,2-4,7-10H2,1H3,(H,19,22)(H2,18,20,21). The monoisotopic (exact) mass is 332 g/mol. The number of aliphatic imine (C=N–C) groups is 1. The fourth-order valence-electron chi connectivity index (χ4n) is 2.41. The van der Waals surface area contributed by atoms with Crippen LogP contribution in [-0.2, 0) is 4.79 Å². The Labute approximate surface area is 141 Å². The van der Waals surface area contributed by atoms with Gasteiger partial charge >= 0.3 is 0 Å². The molecular formula is C17H24N4O3. The minimum Gasteiger partial charge on any atom is -0.490 e. The van der Waals surface area contributed by atoms with Crippen LogP contribution in [0.25, 0.3) is 0 Å². The first-order valence-electron chi connectivity index (χ1n) is 8.41. The summed E-state index contributed by atoms with van der Waals surface area (Å²) in [5, 5.41) is 9.31. The molecule has 1 fully saturated rings. The molecule has 3 rings (SSSR count). The van der Waals surface area contributed by atoms with Crippen LogP contribution in [0.1, 0.15) is 19.3 Å². The lowest BCUT2D eigenvalue weighted by atomic mass is 10.3. The van der Waals surface area contributed by atoms with Crippen molar-refractivity contribution in [3.05, 3.63) is 18.2 Å². The number of nitrogens with zero attached hydrogens (tertiary/aromatic N) is 1. The van der Waals surface area contributed by atoms with Gasteiger partial charge in [-0.25, -0.2) is 0 Å². The first-order valence-corrected chi connectivity index (χ1v) is 8.41. The highest BCUT2D eigenvalue weighted by molar-refractivity contribution is 5.93. The van der Waals surface area contributed by atoms with Gasteiger partial charge in [-0.2, -0.15) is 0 Å². The number of nitrogens with one attached hydrogen (secondary N) is 3. The second-order valence-corrected chi connectivity index (χ2v) is 5.90. The number of carbonyl (C=O) groups is 1. The Balaban J connectivity index is 1.47. The van der Waals surface area contributed by atoms with E-state index in [1.54, 1.807) is 7.05 Å². The van der Waals surface area contributed by atoms with Crippen molar-refractivity contribution in [3.8, 4) is 11.5 Å². The lowest BCUT2D eigenvalue weighted by molar-refractivity contribution is -0.122. The van der Waals surface area contributed by atoms with Crippen LogP contribution in [0, 0.1) is 5.92 Å². The zero-order valence-electron chi connectivity index (χ0n) is 13.9. The van der Waals surface area contributed by atoms with Crippen LogP contribution in [0.15, 0.2) is 23.2 Å². The molecule has 3 N–H and O–H groups in total. The first kappa shape index (κ1) is 16.4. The van der Waals surface area contributed by atoms with Crippen molar-refractivity contribution in [1.82, 2.24) is 10.6 Å².